The summed E-state index contributed by atoms with van der Waals surface area (Å²) in [5.74, 6) is -0.506. The van der Waals surface area contributed by atoms with Gasteiger partial charge in [-0.3, -0.25) is 9.59 Å². The first-order chi connectivity index (χ1) is 15.4. The van der Waals surface area contributed by atoms with Gasteiger partial charge in [-0.25, -0.2) is 0 Å². The van der Waals surface area contributed by atoms with Gasteiger partial charge in [0.1, 0.15) is 0 Å². The average Bonchev–Trinajstić information content (AvgIpc) is 2.98. The van der Waals surface area contributed by atoms with Gasteiger partial charge in [0.05, 0.1) is 11.3 Å². The first-order valence-corrected chi connectivity index (χ1v) is 11.4. The highest BCUT2D eigenvalue weighted by Crippen LogP contribution is 2.75. The molecule has 1 saturated carbocycles. The van der Waals surface area contributed by atoms with Crippen LogP contribution >= 0.6 is 0 Å². The molecule has 2 nitrogen and oxygen atoms in total. The van der Waals surface area contributed by atoms with Crippen LogP contribution in [-0.4, -0.2) is 11.6 Å². The summed E-state index contributed by atoms with van der Waals surface area (Å²) in [7, 11) is 0. The van der Waals surface area contributed by atoms with Crippen LogP contribution in [0.4, 0.5) is 0 Å². The van der Waals surface area contributed by atoms with E-state index in [0.29, 0.717) is 0 Å². The van der Waals surface area contributed by atoms with Crippen molar-refractivity contribution in [2.24, 2.45) is 11.3 Å². The minimum Gasteiger partial charge on any atom is -0.298 e. The SMILES string of the molecule is CC1=C[C@]2(c3ccccc3)c3ccccc3[C@@]3(C)C(=O)[C@H](c4ccccc4)[C@]2(C)[C@H]3C1=O. The van der Waals surface area contributed by atoms with Gasteiger partial charge in [0.25, 0.3) is 0 Å². The highest BCUT2D eigenvalue weighted by atomic mass is 16.1. The minimum atomic E-state index is -0.850. The van der Waals surface area contributed by atoms with Crippen molar-refractivity contribution in [1.82, 2.24) is 0 Å². The second kappa shape index (κ2) is 6.16. The second-order valence-electron chi connectivity index (χ2n) is 10.0. The molecule has 0 N–H and O–H groups in total. The van der Waals surface area contributed by atoms with Gasteiger partial charge in [-0.15, -0.1) is 0 Å². The van der Waals surface area contributed by atoms with Gasteiger partial charge in [0.2, 0.25) is 0 Å². The van der Waals surface area contributed by atoms with Crippen molar-refractivity contribution >= 4 is 11.6 Å². The summed E-state index contributed by atoms with van der Waals surface area (Å²) in [5.41, 5.74) is 3.03. The Morgan fingerprint density at radius 1 is 0.719 bits per heavy atom. The molecule has 0 radical (unpaired) electrons. The zero-order valence-electron chi connectivity index (χ0n) is 18.6. The fourth-order valence-corrected chi connectivity index (χ4v) is 7.58. The van der Waals surface area contributed by atoms with E-state index in [1.165, 1.54) is 0 Å². The third-order valence-corrected chi connectivity index (χ3v) is 8.76. The third kappa shape index (κ3) is 1.93. The molecule has 0 spiro atoms. The Kier molecular flexibility index (Phi) is 3.74. The van der Waals surface area contributed by atoms with Gasteiger partial charge < -0.3 is 0 Å². The van der Waals surface area contributed by atoms with E-state index in [1.807, 2.05) is 44.2 Å². The number of carbonyl (C=O) groups excluding carboxylic acids is 2. The van der Waals surface area contributed by atoms with Crippen LogP contribution in [-0.2, 0) is 20.4 Å². The number of ketones is 2. The van der Waals surface area contributed by atoms with E-state index in [4.69, 9.17) is 0 Å². The van der Waals surface area contributed by atoms with E-state index in [-0.39, 0.29) is 17.5 Å². The maximum Gasteiger partial charge on any atom is 0.163 e. The lowest BCUT2D eigenvalue weighted by Crippen LogP contribution is -2.60. The number of rotatable bonds is 2. The number of benzene rings is 3. The van der Waals surface area contributed by atoms with Crippen molar-refractivity contribution in [2.45, 2.75) is 37.5 Å². The normalized spacial score (nSPS) is 34.8. The Balaban J connectivity index is 1.84. The molecule has 0 aromatic heterocycles. The summed E-state index contributed by atoms with van der Waals surface area (Å²) in [6.45, 7) is 6.14. The Labute approximate surface area is 189 Å². The summed E-state index contributed by atoms with van der Waals surface area (Å²) in [6, 6.07) is 28.9. The Hall–Kier alpha value is -3.26. The van der Waals surface area contributed by atoms with Crippen LogP contribution < -0.4 is 0 Å². The van der Waals surface area contributed by atoms with Crippen molar-refractivity contribution in [3.8, 4) is 0 Å². The van der Waals surface area contributed by atoms with Crippen LogP contribution in [0.1, 0.15) is 48.9 Å². The maximum absolute atomic E-state index is 14.5. The lowest BCUT2D eigenvalue weighted by Gasteiger charge is -2.59. The topological polar surface area (TPSA) is 34.1 Å². The second-order valence-corrected chi connectivity index (χ2v) is 10.0. The molecule has 158 valence electrons. The van der Waals surface area contributed by atoms with Crippen molar-refractivity contribution in [1.29, 1.82) is 0 Å². The van der Waals surface area contributed by atoms with Gasteiger partial charge >= 0.3 is 0 Å². The molecule has 3 aliphatic carbocycles. The van der Waals surface area contributed by atoms with Crippen LogP contribution in [0.15, 0.2) is 96.6 Å². The molecule has 5 atom stereocenters. The van der Waals surface area contributed by atoms with Crippen LogP contribution in [0.2, 0.25) is 0 Å². The van der Waals surface area contributed by atoms with Crippen molar-refractivity contribution in [3.05, 3.63) is 119 Å². The molecule has 3 aliphatic rings. The lowest BCUT2D eigenvalue weighted by atomic mass is 9.41. The summed E-state index contributed by atoms with van der Waals surface area (Å²) < 4.78 is 0. The van der Waals surface area contributed by atoms with Gasteiger partial charge in [-0.2, -0.15) is 0 Å². The van der Waals surface area contributed by atoms with E-state index in [0.717, 1.165) is 27.8 Å². The minimum absolute atomic E-state index is 0.114. The average molecular weight is 419 g/mol. The zero-order valence-corrected chi connectivity index (χ0v) is 18.6. The van der Waals surface area contributed by atoms with E-state index in [1.54, 1.807) is 0 Å². The molecule has 3 aromatic carbocycles. The molecule has 4 bridgehead atoms. The molecule has 0 aliphatic heterocycles. The van der Waals surface area contributed by atoms with E-state index < -0.39 is 22.2 Å². The molecule has 32 heavy (non-hydrogen) atoms. The maximum atomic E-state index is 14.5. The highest BCUT2D eigenvalue weighted by molar-refractivity contribution is 6.12. The van der Waals surface area contributed by atoms with Crippen LogP contribution in [0, 0.1) is 11.3 Å². The standard InChI is InChI=1S/C30H26O2/c1-19-18-30(21-14-8-5-9-15-21)23-17-11-10-16-22(23)28(2)26(25(19)31)29(30,3)24(27(28)32)20-12-6-4-7-13-20/h4-18,24,26H,1-3H3/t24-,26-,28+,29+,30-/m0/s1. The van der Waals surface area contributed by atoms with Crippen LogP contribution in [0.25, 0.3) is 0 Å². The molecule has 0 saturated heterocycles. The number of allylic oxidation sites excluding steroid dienone is 2. The summed E-state index contributed by atoms with van der Waals surface area (Å²) >= 11 is 0. The summed E-state index contributed by atoms with van der Waals surface area (Å²) in [6.07, 6.45) is 2.17. The highest BCUT2D eigenvalue weighted by Gasteiger charge is 2.77. The van der Waals surface area contributed by atoms with Gasteiger partial charge in [-0.05, 0) is 41.7 Å². The molecule has 1 fully saturated rings. The monoisotopic (exact) mass is 418 g/mol. The van der Waals surface area contributed by atoms with Crippen LogP contribution in [0.5, 0.6) is 0 Å². The fraction of sp³-hybridized carbons (Fsp3) is 0.267. The smallest absolute Gasteiger partial charge is 0.163 e. The Morgan fingerprint density at radius 3 is 1.94 bits per heavy atom. The molecule has 0 amide bonds. The first kappa shape index (κ1) is 19.4. The largest absolute Gasteiger partial charge is 0.298 e. The predicted octanol–water partition coefficient (Wildman–Crippen LogP) is 5.76. The van der Waals surface area contributed by atoms with Crippen molar-refractivity contribution in [2.75, 3.05) is 0 Å². The van der Waals surface area contributed by atoms with Gasteiger partial charge in [0.15, 0.2) is 11.6 Å². The van der Waals surface area contributed by atoms with E-state index >= 15 is 0 Å². The number of hydrogen-bond donors (Lipinski definition) is 0. The van der Waals surface area contributed by atoms with Gasteiger partial charge in [-0.1, -0.05) is 97.9 Å². The Morgan fingerprint density at radius 2 is 1.28 bits per heavy atom. The van der Waals surface area contributed by atoms with Crippen molar-refractivity contribution < 1.29 is 9.59 Å². The van der Waals surface area contributed by atoms with Gasteiger partial charge in [0, 0.05) is 16.7 Å². The molecular weight excluding hydrogens is 392 g/mol. The third-order valence-electron chi connectivity index (χ3n) is 8.76. The van der Waals surface area contributed by atoms with E-state index in [2.05, 4.69) is 67.6 Å². The summed E-state index contributed by atoms with van der Waals surface area (Å²) in [4.78, 5) is 28.4. The number of hydrogen-bond acceptors (Lipinski definition) is 2. The molecule has 2 heteroatoms. The molecule has 6 rings (SSSR count). The molecule has 3 aromatic rings. The van der Waals surface area contributed by atoms with Crippen molar-refractivity contribution in [3.63, 3.8) is 0 Å². The van der Waals surface area contributed by atoms with Crippen LogP contribution in [0.3, 0.4) is 0 Å². The quantitative estimate of drug-likeness (QED) is 0.530. The lowest BCUT2D eigenvalue weighted by molar-refractivity contribution is -0.130. The predicted molar refractivity (Wildman–Crippen MR) is 126 cm³/mol. The molecule has 0 unspecified atom stereocenters. The zero-order chi connectivity index (χ0) is 22.3. The number of fused-ring (bicyclic) bond motifs is 3. The fourth-order valence-electron chi connectivity index (χ4n) is 7.58. The first-order valence-electron chi connectivity index (χ1n) is 11.4. The summed E-state index contributed by atoms with van der Waals surface area (Å²) in [5, 5.41) is 0. The molecule has 0 heterocycles. The Bertz CT molecular complexity index is 1300. The molecular formula is C30H26O2. The number of carbonyl (C=O) groups is 2. The van der Waals surface area contributed by atoms with E-state index in [9.17, 15) is 9.59 Å². The number of Topliss-reactive ketones (excluding diaryl/α,β-unsaturated/α-hetero) is 2.